The van der Waals surface area contributed by atoms with E-state index in [1.165, 1.54) is 16.4 Å². The maximum absolute atomic E-state index is 12.8. The number of carbonyl (C=O) groups is 1. The zero-order valence-electron chi connectivity index (χ0n) is 15.9. The normalized spacial score (nSPS) is 15.2. The van der Waals surface area contributed by atoms with Gasteiger partial charge in [-0.2, -0.15) is 4.31 Å². The van der Waals surface area contributed by atoms with Crippen LogP contribution in [0, 0.1) is 0 Å². The Labute approximate surface area is 165 Å². The summed E-state index contributed by atoms with van der Waals surface area (Å²) < 4.78 is 32.5. The standard InChI is InChI=1S/C20H25N3O4S/c1-2-27-19-13-16(9-10-21-19)15-22-20(24)17-7-6-8-18(14-17)28(25,26)23-11-4-3-5-12-23/h6-10,13-14H,2-5,11-12,15H2,1H3,(H,22,24). The molecule has 0 spiro atoms. The third kappa shape index (κ3) is 4.88. The van der Waals surface area contributed by atoms with Gasteiger partial charge in [0.15, 0.2) is 0 Å². The minimum Gasteiger partial charge on any atom is -0.478 e. The van der Waals surface area contributed by atoms with Gasteiger partial charge >= 0.3 is 0 Å². The molecule has 8 heteroatoms. The SMILES string of the molecule is CCOc1cc(CNC(=O)c2cccc(S(=O)(=O)N3CCCCC3)c2)ccn1. The summed E-state index contributed by atoms with van der Waals surface area (Å²) in [6, 6.07) is 9.75. The number of sulfonamides is 1. The maximum Gasteiger partial charge on any atom is 0.251 e. The highest BCUT2D eigenvalue weighted by molar-refractivity contribution is 7.89. The van der Waals surface area contributed by atoms with Crippen LogP contribution in [0.3, 0.4) is 0 Å². The van der Waals surface area contributed by atoms with Gasteiger partial charge in [0, 0.05) is 37.5 Å². The molecule has 3 rings (SSSR count). The fourth-order valence-electron chi connectivity index (χ4n) is 3.12. The van der Waals surface area contributed by atoms with Gasteiger partial charge in [0.05, 0.1) is 11.5 Å². The van der Waals surface area contributed by atoms with Crippen LogP contribution < -0.4 is 10.1 Å². The molecule has 0 radical (unpaired) electrons. The van der Waals surface area contributed by atoms with E-state index < -0.39 is 10.0 Å². The van der Waals surface area contributed by atoms with Crippen LogP contribution in [0.1, 0.15) is 42.1 Å². The highest BCUT2D eigenvalue weighted by Crippen LogP contribution is 2.21. The second kappa shape index (κ2) is 9.16. The van der Waals surface area contributed by atoms with E-state index in [-0.39, 0.29) is 10.8 Å². The minimum absolute atomic E-state index is 0.157. The van der Waals surface area contributed by atoms with Gasteiger partial charge in [-0.05, 0) is 49.6 Å². The lowest BCUT2D eigenvalue weighted by Gasteiger charge is -2.26. The van der Waals surface area contributed by atoms with Gasteiger partial charge in [0.2, 0.25) is 15.9 Å². The van der Waals surface area contributed by atoms with Crippen molar-refractivity contribution in [3.63, 3.8) is 0 Å². The largest absolute Gasteiger partial charge is 0.478 e. The Balaban J connectivity index is 1.69. The van der Waals surface area contributed by atoms with Crippen LogP contribution in [-0.2, 0) is 16.6 Å². The topological polar surface area (TPSA) is 88.6 Å². The number of nitrogens with one attached hydrogen (secondary N) is 1. The first-order chi connectivity index (χ1) is 13.5. The summed E-state index contributed by atoms with van der Waals surface area (Å²) in [7, 11) is -3.57. The van der Waals surface area contributed by atoms with Crippen LogP contribution in [-0.4, -0.2) is 43.3 Å². The molecule has 1 fully saturated rings. The molecule has 0 saturated carbocycles. The number of amides is 1. The number of nitrogens with zero attached hydrogens (tertiary/aromatic N) is 2. The van der Waals surface area contributed by atoms with Gasteiger partial charge in [0.1, 0.15) is 0 Å². The van der Waals surface area contributed by atoms with Crippen molar-refractivity contribution in [2.75, 3.05) is 19.7 Å². The van der Waals surface area contributed by atoms with E-state index in [1.807, 2.05) is 6.92 Å². The average Bonchev–Trinajstić information content (AvgIpc) is 2.73. The van der Waals surface area contributed by atoms with Crippen molar-refractivity contribution in [2.24, 2.45) is 0 Å². The van der Waals surface area contributed by atoms with Crippen molar-refractivity contribution in [3.8, 4) is 5.88 Å². The quantitative estimate of drug-likeness (QED) is 0.768. The van der Waals surface area contributed by atoms with E-state index in [1.54, 1.807) is 30.5 Å². The molecule has 7 nitrogen and oxygen atoms in total. The number of piperidine rings is 1. The van der Waals surface area contributed by atoms with E-state index in [9.17, 15) is 13.2 Å². The Morgan fingerprint density at radius 1 is 1.18 bits per heavy atom. The van der Waals surface area contributed by atoms with Crippen LogP contribution >= 0.6 is 0 Å². The molecule has 28 heavy (non-hydrogen) atoms. The van der Waals surface area contributed by atoms with E-state index in [0.29, 0.717) is 37.7 Å². The highest BCUT2D eigenvalue weighted by atomic mass is 32.2. The highest BCUT2D eigenvalue weighted by Gasteiger charge is 2.26. The number of hydrogen-bond donors (Lipinski definition) is 1. The molecule has 2 aromatic rings. The molecule has 2 heterocycles. The molecule has 1 aromatic carbocycles. The predicted molar refractivity (Wildman–Crippen MR) is 106 cm³/mol. The second-order valence-electron chi connectivity index (χ2n) is 6.61. The lowest BCUT2D eigenvalue weighted by Crippen LogP contribution is -2.35. The van der Waals surface area contributed by atoms with Gasteiger partial charge in [0.25, 0.3) is 5.91 Å². The van der Waals surface area contributed by atoms with Crippen molar-refractivity contribution in [1.29, 1.82) is 0 Å². The molecule has 1 aromatic heterocycles. The molecular formula is C20H25N3O4S. The monoisotopic (exact) mass is 403 g/mol. The fraction of sp³-hybridized carbons (Fsp3) is 0.400. The molecule has 1 aliphatic heterocycles. The number of hydrogen-bond acceptors (Lipinski definition) is 5. The smallest absolute Gasteiger partial charge is 0.251 e. The van der Waals surface area contributed by atoms with Gasteiger partial charge < -0.3 is 10.1 Å². The Morgan fingerprint density at radius 3 is 2.71 bits per heavy atom. The molecule has 0 atom stereocenters. The Morgan fingerprint density at radius 2 is 1.96 bits per heavy atom. The van der Waals surface area contributed by atoms with Crippen LogP contribution in [0.25, 0.3) is 0 Å². The zero-order valence-corrected chi connectivity index (χ0v) is 16.7. The summed E-state index contributed by atoms with van der Waals surface area (Å²) in [6.07, 6.45) is 4.41. The summed E-state index contributed by atoms with van der Waals surface area (Å²) in [5, 5.41) is 2.81. The first-order valence-electron chi connectivity index (χ1n) is 9.47. The average molecular weight is 404 g/mol. The van der Waals surface area contributed by atoms with Crippen LogP contribution in [0.4, 0.5) is 0 Å². The van der Waals surface area contributed by atoms with Crippen molar-refractivity contribution in [3.05, 3.63) is 53.7 Å². The summed E-state index contributed by atoms with van der Waals surface area (Å²) >= 11 is 0. The van der Waals surface area contributed by atoms with Gasteiger partial charge in [-0.25, -0.2) is 13.4 Å². The molecule has 0 bridgehead atoms. The molecule has 0 unspecified atom stereocenters. The molecule has 1 aliphatic rings. The maximum atomic E-state index is 12.8. The molecule has 150 valence electrons. The third-order valence-corrected chi connectivity index (χ3v) is 6.49. The fourth-order valence-corrected chi connectivity index (χ4v) is 4.69. The third-order valence-electron chi connectivity index (χ3n) is 4.59. The first-order valence-corrected chi connectivity index (χ1v) is 10.9. The van der Waals surface area contributed by atoms with Gasteiger partial charge in [-0.1, -0.05) is 12.5 Å². The Hall–Kier alpha value is -2.45. The molecular weight excluding hydrogens is 378 g/mol. The second-order valence-corrected chi connectivity index (χ2v) is 8.55. The number of pyridine rings is 1. The Kier molecular flexibility index (Phi) is 6.64. The van der Waals surface area contributed by atoms with Gasteiger partial charge in [-0.15, -0.1) is 0 Å². The summed E-state index contributed by atoms with van der Waals surface area (Å²) in [4.78, 5) is 16.8. The molecule has 1 N–H and O–H groups in total. The van der Waals surface area contributed by atoms with Crippen molar-refractivity contribution in [1.82, 2.24) is 14.6 Å². The van der Waals surface area contributed by atoms with E-state index >= 15 is 0 Å². The van der Waals surface area contributed by atoms with E-state index in [4.69, 9.17) is 4.74 Å². The molecule has 1 saturated heterocycles. The molecule has 1 amide bonds. The Bertz CT molecular complexity index is 925. The van der Waals surface area contributed by atoms with Crippen molar-refractivity contribution >= 4 is 15.9 Å². The summed E-state index contributed by atoms with van der Waals surface area (Å²) in [6.45, 7) is 3.75. The summed E-state index contributed by atoms with van der Waals surface area (Å²) in [5.74, 6) is 0.175. The molecule has 0 aliphatic carbocycles. The summed E-state index contributed by atoms with van der Waals surface area (Å²) in [5.41, 5.74) is 1.17. The van der Waals surface area contributed by atoms with E-state index in [0.717, 1.165) is 24.8 Å². The number of ether oxygens (including phenoxy) is 1. The van der Waals surface area contributed by atoms with Crippen molar-refractivity contribution < 1.29 is 17.9 Å². The zero-order chi connectivity index (χ0) is 20.0. The van der Waals surface area contributed by atoms with Crippen LogP contribution in [0.5, 0.6) is 5.88 Å². The predicted octanol–water partition coefficient (Wildman–Crippen LogP) is 2.58. The lowest BCUT2D eigenvalue weighted by molar-refractivity contribution is 0.0950. The minimum atomic E-state index is -3.57. The van der Waals surface area contributed by atoms with Crippen LogP contribution in [0.15, 0.2) is 47.5 Å². The number of rotatable bonds is 7. The van der Waals surface area contributed by atoms with Gasteiger partial charge in [-0.3, -0.25) is 4.79 Å². The number of carbonyl (C=O) groups excluding carboxylic acids is 1. The lowest BCUT2D eigenvalue weighted by atomic mass is 10.2. The number of benzene rings is 1. The van der Waals surface area contributed by atoms with Crippen molar-refractivity contribution in [2.45, 2.75) is 37.6 Å². The van der Waals surface area contributed by atoms with E-state index in [2.05, 4.69) is 10.3 Å². The van der Waals surface area contributed by atoms with Crippen LogP contribution in [0.2, 0.25) is 0 Å². The first kappa shape index (κ1) is 20.3. The number of aromatic nitrogens is 1.